The molecule has 0 saturated heterocycles. The van der Waals surface area contributed by atoms with Crippen LogP contribution >= 0.6 is 45.9 Å². The van der Waals surface area contributed by atoms with E-state index in [1.54, 1.807) is 55.5 Å². The maximum atomic E-state index is 13.9. The fourth-order valence-corrected chi connectivity index (χ4v) is 9.70. The van der Waals surface area contributed by atoms with E-state index < -0.39 is 43.8 Å². The third-order valence-electron chi connectivity index (χ3n) is 7.58. The Hall–Kier alpha value is -3.14. The highest BCUT2D eigenvalue weighted by atomic mass is 35.5. The first-order chi connectivity index (χ1) is 22.1. The van der Waals surface area contributed by atoms with Gasteiger partial charge in [-0.25, -0.2) is 16.8 Å². The highest BCUT2D eigenvalue weighted by Crippen LogP contribution is 2.39. The average Bonchev–Trinajstić information content (AvgIpc) is 3.64. The second kappa shape index (κ2) is 15.0. The van der Waals surface area contributed by atoms with Crippen molar-refractivity contribution in [2.45, 2.75) is 50.3 Å². The number of likely N-dealkylation sites (N-methyl/N-ethyl adjacent to an activating group) is 1. The molecule has 10 nitrogen and oxygen atoms in total. The van der Waals surface area contributed by atoms with Crippen LogP contribution in [0.25, 0.3) is 0 Å². The van der Waals surface area contributed by atoms with Crippen LogP contribution in [0.15, 0.2) is 67.7 Å². The Balaban J connectivity index is 1.66. The summed E-state index contributed by atoms with van der Waals surface area (Å²) in [5, 5.41) is 6.67. The SMILES string of the molecule is CCN(CC)C(=O)C(c1cscc1NS(=O)(=O)c1cccc(Cl)c1C)C(C)C(=O)Oc1cscc1NS(=O)(=O)c1cccc(Cl)c1C. The summed E-state index contributed by atoms with van der Waals surface area (Å²) in [6.07, 6.45) is 0. The number of nitrogens with one attached hydrogen (secondary N) is 2. The van der Waals surface area contributed by atoms with Gasteiger partial charge in [0.2, 0.25) is 5.91 Å². The maximum Gasteiger partial charge on any atom is 0.315 e. The molecule has 0 aliphatic heterocycles. The second-order valence-corrected chi connectivity index (χ2v) is 16.1. The van der Waals surface area contributed by atoms with Gasteiger partial charge < -0.3 is 9.64 Å². The number of hydrogen-bond donors (Lipinski definition) is 2. The van der Waals surface area contributed by atoms with E-state index in [1.807, 2.05) is 0 Å². The van der Waals surface area contributed by atoms with Gasteiger partial charge in [-0.15, -0.1) is 22.7 Å². The van der Waals surface area contributed by atoms with Gasteiger partial charge in [0.25, 0.3) is 20.0 Å². The van der Waals surface area contributed by atoms with Gasteiger partial charge in [-0.05, 0) is 68.5 Å². The number of benzene rings is 2. The standard InChI is InChI=1S/C31H33Cl2N3O7S4/c1-6-36(7-2)30(37)29(21-14-44-15-24(21)34-46(39,40)27-12-8-10-22(32)18(27)3)20(5)31(38)43-26-17-45-16-25(26)35-47(41,42)28-13-9-11-23(33)19(28)4/h8-17,20,29,34-35H,6-7H2,1-5H3. The lowest BCUT2D eigenvalue weighted by Crippen LogP contribution is -2.40. The van der Waals surface area contributed by atoms with Crippen molar-refractivity contribution in [1.29, 1.82) is 0 Å². The van der Waals surface area contributed by atoms with Gasteiger partial charge in [0.15, 0.2) is 5.75 Å². The van der Waals surface area contributed by atoms with Gasteiger partial charge in [0.1, 0.15) is 5.69 Å². The molecule has 47 heavy (non-hydrogen) atoms. The minimum Gasteiger partial charge on any atom is -0.423 e. The molecular weight excluding hydrogens is 726 g/mol. The van der Waals surface area contributed by atoms with Gasteiger partial charge in [-0.2, -0.15) is 0 Å². The number of rotatable bonds is 13. The molecule has 4 rings (SSSR count). The number of esters is 1. The Bertz CT molecular complexity index is 2010. The third-order valence-corrected chi connectivity index (χ3v) is 12.9. The van der Waals surface area contributed by atoms with E-state index in [1.165, 1.54) is 53.3 Å². The van der Waals surface area contributed by atoms with E-state index in [0.717, 1.165) is 11.3 Å². The van der Waals surface area contributed by atoms with E-state index >= 15 is 0 Å². The first-order valence-corrected chi connectivity index (χ1v) is 19.9. The van der Waals surface area contributed by atoms with Gasteiger partial charge in [0, 0.05) is 44.8 Å². The predicted octanol–water partition coefficient (Wildman–Crippen LogP) is 7.53. The smallest absolute Gasteiger partial charge is 0.315 e. The Morgan fingerprint density at radius 3 is 1.83 bits per heavy atom. The van der Waals surface area contributed by atoms with Crippen LogP contribution in [0.4, 0.5) is 11.4 Å². The highest BCUT2D eigenvalue weighted by molar-refractivity contribution is 7.93. The largest absolute Gasteiger partial charge is 0.423 e. The van der Waals surface area contributed by atoms with Crippen LogP contribution in [0.1, 0.15) is 43.4 Å². The van der Waals surface area contributed by atoms with E-state index in [0.29, 0.717) is 29.8 Å². The Morgan fingerprint density at radius 1 is 0.809 bits per heavy atom. The van der Waals surface area contributed by atoms with E-state index in [-0.39, 0.29) is 37.0 Å². The number of thiophene rings is 2. The molecule has 16 heteroatoms. The molecule has 0 bridgehead atoms. The topological polar surface area (TPSA) is 139 Å². The summed E-state index contributed by atoms with van der Waals surface area (Å²) in [4.78, 5) is 29.1. The number of amides is 1. The summed E-state index contributed by atoms with van der Waals surface area (Å²) in [5.41, 5.74) is 1.18. The average molecular weight is 759 g/mol. The van der Waals surface area contributed by atoms with Gasteiger partial charge >= 0.3 is 5.97 Å². The molecule has 2 aromatic heterocycles. The van der Waals surface area contributed by atoms with Crippen molar-refractivity contribution in [1.82, 2.24) is 4.90 Å². The molecule has 2 N–H and O–H groups in total. The molecule has 0 aliphatic rings. The van der Waals surface area contributed by atoms with Gasteiger partial charge in [0.05, 0.1) is 27.3 Å². The molecule has 0 spiro atoms. The van der Waals surface area contributed by atoms with Crippen LogP contribution in [0, 0.1) is 19.8 Å². The quantitative estimate of drug-likeness (QED) is 0.135. The normalized spacial score (nSPS) is 13.1. The summed E-state index contributed by atoms with van der Waals surface area (Å²) < 4.78 is 64.1. The van der Waals surface area contributed by atoms with Crippen molar-refractivity contribution in [3.05, 3.63) is 84.7 Å². The first kappa shape index (κ1) is 36.7. The van der Waals surface area contributed by atoms with Crippen LogP contribution in [-0.4, -0.2) is 46.7 Å². The van der Waals surface area contributed by atoms with E-state index in [4.69, 9.17) is 27.9 Å². The lowest BCUT2D eigenvalue weighted by molar-refractivity contribution is -0.144. The fraction of sp³-hybridized carbons (Fsp3) is 0.290. The lowest BCUT2D eigenvalue weighted by atomic mass is 9.86. The number of carbonyl (C=O) groups excluding carboxylic acids is 2. The van der Waals surface area contributed by atoms with Crippen LogP contribution in [-0.2, 0) is 29.6 Å². The predicted molar refractivity (Wildman–Crippen MR) is 188 cm³/mol. The van der Waals surface area contributed by atoms with Crippen LogP contribution in [0.5, 0.6) is 5.75 Å². The number of hydrogen-bond acceptors (Lipinski definition) is 9. The first-order valence-electron chi connectivity index (χ1n) is 14.3. The van der Waals surface area contributed by atoms with Crippen LogP contribution in [0.3, 0.4) is 0 Å². The maximum absolute atomic E-state index is 13.9. The number of carbonyl (C=O) groups is 2. The molecular formula is C31H33Cl2N3O7S4. The van der Waals surface area contributed by atoms with Gasteiger partial charge in [-0.1, -0.05) is 42.3 Å². The molecule has 0 saturated carbocycles. The molecule has 0 aliphatic carbocycles. The minimum absolute atomic E-state index is 0.0263. The molecule has 2 unspecified atom stereocenters. The molecule has 252 valence electrons. The summed E-state index contributed by atoms with van der Waals surface area (Å²) in [6.45, 7) is 8.97. The summed E-state index contributed by atoms with van der Waals surface area (Å²) >= 11 is 14.6. The zero-order valence-corrected chi connectivity index (χ0v) is 30.8. The number of ether oxygens (including phenoxy) is 1. The summed E-state index contributed by atoms with van der Waals surface area (Å²) in [6, 6.07) is 9.04. The Labute approximate surface area is 292 Å². The minimum atomic E-state index is -4.13. The molecule has 0 radical (unpaired) electrons. The van der Waals surface area contributed by atoms with E-state index in [2.05, 4.69) is 9.44 Å². The third kappa shape index (κ3) is 7.95. The second-order valence-electron chi connectivity index (χ2n) is 10.5. The highest BCUT2D eigenvalue weighted by Gasteiger charge is 2.38. The van der Waals surface area contributed by atoms with Crippen molar-refractivity contribution < 1.29 is 31.2 Å². The lowest BCUT2D eigenvalue weighted by Gasteiger charge is -2.29. The Kier molecular flexibility index (Phi) is 11.7. The van der Waals surface area contributed by atoms with Crippen molar-refractivity contribution >= 4 is 89.2 Å². The number of nitrogens with zero attached hydrogens (tertiary/aromatic N) is 1. The monoisotopic (exact) mass is 757 g/mol. The molecule has 1 amide bonds. The summed E-state index contributed by atoms with van der Waals surface area (Å²) in [5.74, 6) is -3.53. The van der Waals surface area contributed by atoms with Crippen molar-refractivity contribution in [3.8, 4) is 5.75 Å². The zero-order chi connectivity index (χ0) is 34.7. The Morgan fingerprint density at radius 2 is 1.30 bits per heavy atom. The number of sulfonamides is 2. The molecule has 4 aromatic rings. The molecule has 0 fully saturated rings. The van der Waals surface area contributed by atoms with Crippen molar-refractivity contribution in [2.24, 2.45) is 5.92 Å². The number of halogens is 2. The van der Waals surface area contributed by atoms with E-state index in [9.17, 15) is 26.4 Å². The molecule has 2 atom stereocenters. The van der Waals surface area contributed by atoms with Crippen molar-refractivity contribution in [3.63, 3.8) is 0 Å². The van der Waals surface area contributed by atoms with Crippen LogP contribution in [0.2, 0.25) is 10.0 Å². The zero-order valence-electron chi connectivity index (χ0n) is 26.0. The van der Waals surface area contributed by atoms with Crippen LogP contribution < -0.4 is 14.2 Å². The number of anilines is 2. The van der Waals surface area contributed by atoms with Gasteiger partial charge in [-0.3, -0.25) is 19.0 Å². The molecule has 2 heterocycles. The molecule has 2 aromatic carbocycles. The van der Waals surface area contributed by atoms with Crippen molar-refractivity contribution in [2.75, 3.05) is 22.5 Å². The summed E-state index contributed by atoms with van der Waals surface area (Å²) in [7, 11) is -8.23. The fourth-order valence-electron chi connectivity index (χ4n) is 4.91.